The number of amides is 4. The van der Waals surface area contributed by atoms with Gasteiger partial charge in [-0.05, 0) is 63.4 Å². The first-order valence-electron chi connectivity index (χ1n) is 11.9. The standard InChI is InChI=1S/C27H31Cl2N3O4/c1-5-22(24(34)30-27(2,3)4)32(16-17-12-13-20(28)21(29)15-17)23(33)11-8-14-31-25(35)18-9-6-7-10-19(18)26(31)36/h6-7,9-10,12-13,15,22H,5,8,11,14,16H2,1-4H3,(H,30,34). The van der Waals surface area contributed by atoms with Crippen molar-refractivity contribution in [1.82, 2.24) is 15.1 Å². The van der Waals surface area contributed by atoms with Gasteiger partial charge in [0.05, 0.1) is 21.2 Å². The molecule has 0 bridgehead atoms. The summed E-state index contributed by atoms with van der Waals surface area (Å²) in [6, 6.07) is 11.1. The normalized spacial score (nSPS) is 14.0. The average molecular weight is 532 g/mol. The summed E-state index contributed by atoms with van der Waals surface area (Å²) in [4.78, 5) is 54.5. The maximum absolute atomic E-state index is 13.4. The summed E-state index contributed by atoms with van der Waals surface area (Å²) >= 11 is 12.2. The summed E-state index contributed by atoms with van der Waals surface area (Å²) < 4.78 is 0. The van der Waals surface area contributed by atoms with E-state index < -0.39 is 11.6 Å². The van der Waals surface area contributed by atoms with Gasteiger partial charge >= 0.3 is 0 Å². The Bertz CT molecular complexity index is 1140. The minimum atomic E-state index is -0.703. The summed E-state index contributed by atoms with van der Waals surface area (Å²) in [7, 11) is 0. The van der Waals surface area contributed by atoms with Gasteiger partial charge in [-0.15, -0.1) is 0 Å². The van der Waals surface area contributed by atoms with Crippen LogP contribution in [0.2, 0.25) is 10.0 Å². The van der Waals surface area contributed by atoms with Gasteiger partial charge in [0.15, 0.2) is 0 Å². The first kappa shape index (κ1) is 27.7. The molecule has 0 fully saturated rings. The Labute approximate surface area is 221 Å². The van der Waals surface area contributed by atoms with Gasteiger partial charge < -0.3 is 10.2 Å². The van der Waals surface area contributed by atoms with Crippen LogP contribution in [0.25, 0.3) is 0 Å². The van der Waals surface area contributed by atoms with Crippen LogP contribution in [-0.4, -0.2) is 51.6 Å². The van der Waals surface area contributed by atoms with Crippen LogP contribution in [0.1, 0.15) is 73.2 Å². The molecule has 0 saturated heterocycles. The Kier molecular flexibility index (Phi) is 8.80. The van der Waals surface area contributed by atoms with Gasteiger partial charge in [0.25, 0.3) is 11.8 Å². The molecule has 1 unspecified atom stereocenters. The minimum Gasteiger partial charge on any atom is -0.350 e. The molecule has 0 saturated carbocycles. The van der Waals surface area contributed by atoms with E-state index in [0.29, 0.717) is 27.6 Å². The zero-order chi connectivity index (χ0) is 26.6. The molecule has 0 aliphatic carbocycles. The van der Waals surface area contributed by atoms with Crippen LogP contribution in [-0.2, 0) is 16.1 Å². The van der Waals surface area contributed by atoms with Crippen LogP contribution in [0.3, 0.4) is 0 Å². The highest BCUT2D eigenvalue weighted by atomic mass is 35.5. The van der Waals surface area contributed by atoms with Crippen molar-refractivity contribution in [1.29, 1.82) is 0 Å². The maximum Gasteiger partial charge on any atom is 0.261 e. The highest BCUT2D eigenvalue weighted by Gasteiger charge is 2.35. The Hall–Kier alpha value is -2.90. The van der Waals surface area contributed by atoms with E-state index in [9.17, 15) is 19.2 Å². The van der Waals surface area contributed by atoms with Crippen LogP contribution in [0.15, 0.2) is 42.5 Å². The number of carbonyl (C=O) groups is 4. The molecular formula is C27H31Cl2N3O4. The Morgan fingerprint density at radius 1 is 1.00 bits per heavy atom. The summed E-state index contributed by atoms with van der Waals surface area (Å²) in [5.74, 6) is -1.22. The Morgan fingerprint density at radius 2 is 1.61 bits per heavy atom. The van der Waals surface area contributed by atoms with E-state index in [2.05, 4.69) is 5.32 Å². The predicted octanol–water partition coefficient (Wildman–Crippen LogP) is 5.09. The smallest absolute Gasteiger partial charge is 0.261 e. The Morgan fingerprint density at radius 3 is 2.14 bits per heavy atom. The highest BCUT2D eigenvalue weighted by molar-refractivity contribution is 6.42. The lowest BCUT2D eigenvalue weighted by molar-refractivity contribution is -0.142. The molecule has 0 radical (unpaired) electrons. The van der Waals surface area contributed by atoms with Crippen LogP contribution < -0.4 is 5.32 Å². The number of nitrogens with zero attached hydrogens (tertiary/aromatic N) is 2. The second-order valence-corrected chi connectivity index (χ2v) is 10.7. The number of hydrogen-bond acceptors (Lipinski definition) is 4. The molecule has 1 N–H and O–H groups in total. The number of fused-ring (bicyclic) bond motifs is 1. The first-order chi connectivity index (χ1) is 16.9. The Balaban J connectivity index is 1.75. The molecule has 2 aromatic rings. The van der Waals surface area contributed by atoms with E-state index in [1.165, 1.54) is 9.80 Å². The third kappa shape index (κ3) is 6.45. The van der Waals surface area contributed by atoms with Gasteiger partial charge in [-0.1, -0.05) is 48.3 Å². The van der Waals surface area contributed by atoms with Gasteiger partial charge in [0.1, 0.15) is 6.04 Å². The second kappa shape index (κ2) is 11.4. The summed E-state index contributed by atoms with van der Waals surface area (Å²) in [5, 5.41) is 3.72. The molecule has 1 heterocycles. The molecule has 2 aromatic carbocycles. The number of nitrogens with one attached hydrogen (secondary N) is 1. The molecule has 3 rings (SSSR count). The van der Waals surface area contributed by atoms with Crippen molar-refractivity contribution in [3.05, 3.63) is 69.2 Å². The zero-order valence-electron chi connectivity index (χ0n) is 20.9. The number of benzene rings is 2. The topological polar surface area (TPSA) is 86.8 Å². The van der Waals surface area contributed by atoms with Gasteiger partial charge in [0, 0.05) is 25.0 Å². The van der Waals surface area contributed by atoms with Crippen molar-refractivity contribution in [2.75, 3.05) is 6.54 Å². The molecule has 7 nitrogen and oxygen atoms in total. The SMILES string of the molecule is CCC(C(=O)NC(C)(C)C)N(Cc1ccc(Cl)c(Cl)c1)C(=O)CCCN1C(=O)c2ccccc2C1=O. The average Bonchev–Trinajstić information content (AvgIpc) is 3.05. The van der Waals surface area contributed by atoms with Crippen LogP contribution in [0.5, 0.6) is 0 Å². The van der Waals surface area contributed by atoms with Gasteiger partial charge in [0.2, 0.25) is 11.8 Å². The lowest BCUT2D eigenvalue weighted by Gasteiger charge is -2.33. The molecular weight excluding hydrogens is 501 g/mol. The first-order valence-corrected chi connectivity index (χ1v) is 12.7. The lowest BCUT2D eigenvalue weighted by atomic mass is 10.0. The third-order valence-corrected chi connectivity index (χ3v) is 6.61. The molecule has 192 valence electrons. The number of rotatable bonds is 9. The van der Waals surface area contributed by atoms with Crippen molar-refractivity contribution in [3.63, 3.8) is 0 Å². The molecule has 0 aromatic heterocycles. The molecule has 1 atom stereocenters. The monoisotopic (exact) mass is 531 g/mol. The van der Waals surface area contributed by atoms with Crippen molar-refractivity contribution >= 4 is 46.8 Å². The lowest BCUT2D eigenvalue weighted by Crippen LogP contribution is -2.53. The van der Waals surface area contributed by atoms with Crippen molar-refractivity contribution < 1.29 is 19.2 Å². The van der Waals surface area contributed by atoms with Crippen LogP contribution in [0.4, 0.5) is 0 Å². The molecule has 4 amide bonds. The fourth-order valence-electron chi connectivity index (χ4n) is 4.18. The number of imide groups is 1. The summed E-state index contributed by atoms with van der Waals surface area (Å²) in [5.41, 5.74) is 1.02. The fourth-order valence-corrected chi connectivity index (χ4v) is 4.50. The van der Waals surface area contributed by atoms with Gasteiger partial charge in [-0.3, -0.25) is 24.1 Å². The van der Waals surface area contributed by atoms with Gasteiger partial charge in [-0.25, -0.2) is 0 Å². The second-order valence-electron chi connectivity index (χ2n) is 9.84. The largest absolute Gasteiger partial charge is 0.350 e. The van der Waals surface area contributed by atoms with Crippen LogP contribution in [0, 0.1) is 0 Å². The van der Waals surface area contributed by atoms with Crippen LogP contribution >= 0.6 is 23.2 Å². The quantitative estimate of drug-likeness (QED) is 0.456. The van der Waals surface area contributed by atoms with Gasteiger partial charge in [-0.2, -0.15) is 0 Å². The number of carbonyl (C=O) groups excluding carboxylic acids is 4. The van der Waals surface area contributed by atoms with E-state index >= 15 is 0 Å². The summed E-state index contributed by atoms with van der Waals surface area (Å²) in [6.45, 7) is 7.77. The van der Waals surface area contributed by atoms with E-state index in [1.54, 1.807) is 42.5 Å². The highest BCUT2D eigenvalue weighted by Crippen LogP contribution is 2.25. The van der Waals surface area contributed by atoms with Crippen molar-refractivity contribution in [3.8, 4) is 0 Å². The number of halogens is 2. The van der Waals surface area contributed by atoms with E-state index in [0.717, 1.165) is 5.56 Å². The van der Waals surface area contributed by atoms with E-state index in [4.69, 9.17) is 23.2 Å². The summed E-state index contributed by atoms with van der Waals surface area (Å²) in [6.07, 6.45) is 0.751. The minimum absolute atomic E-state index is 0.0635. The van der Waals surface area contributed by atoms with E-state index in [-0.39, 0.29) is 49.6 Å². The molecule has 36 heavy (non-hydrogen) atoms. The molecule has 0 spiro atoms. The third-order valence-electron chi connectivity index (χ3n) is 5.87. The van der Waals surface area contributed by atoms with Crippen molar-refractivity contribution in [2.24, 2.45) is 0 Å². The number of hydrogen-bond donors (Lipinski definition) is 1. The maximum atomic E-state index is 13.4. The fraction of sp³-hybridized carbons (Fsp3) is 0.407. The van der Waals surface area contributed by atoms with Crippen molar-refractivity contribution in [2.45, 2.75) is 65.1 Å². The molecule has 9 heteroatoms. The molecule has 1 aliphatic rings. The predicted molar refractivity (Wildman–Crippen MR) is 140 cm³/mol. The zero-order valence-corrected chi connectivity index (χ0v) is 22.4. The molecule has 1 aliphatic heterocycles. The van der Waals surface area contributed by atoms with E-state index in [1.807, 2.05) is 27.7 Å².